The van der Waals surface area contributed by atoms with Crippen molar-refractivity contribution >= 4 is 5.91 Å². The monoisotopic (exact) mass is 346 g/mol. The van der Waals surface area contributed by atoms with E-state index in [0.717, 1.165) is 24.1 Å². The standard InChI is InChI=1S/C17H23N5O3/c1-10(2)13(9-23)19-17(24)16-12-6-11(3)7-14(12)22(20-16)15-8-21(25)5-4-18-15/h4-5,8,10-11,13,23H,6-7,9H2,1-3H3,(H-,18,19,24,25)/p+1. The molecule has 8 heteroatoms. The number of hydrogen-bond donors (Lipinski definition) is 3. The first-order valence-electron chi connectivity index (χ1n) is 8.54. The number of carbonyl (C=O) groups excluding carboxylic acids is 1. The summed E-state index contributed by atoms with van der Waals surface area (Å²) in [6.45, 7) is 5.89. The van der Waals surface area contributed by atoms with Gasteiger partial charge in [-0.05, 0) is 24.7 Å². The Morgan fingerprint density at radius 2 is 2.28 bits per heavy atom. The van der Waals surface area contributed by atoms with Crippen LogP contribution >= 0.6 is 0 Å². The lowest BCUT2D eigenvalue weighted by molar-refractivity contribution is -0.495. The van der Waals surface area contributed by atoms with Gasteiger partial charge in [0.25, 0.3) is 12.1 Å². The number of nitrogens with one attached hydrogen (secondary N) is 2. The topological polar surface area (TPSA) is 106 Å². The zero-order valence-electron chi connectivity index (χ0n) is 14.7. The molecular weight excluding hydrogens is 322 g/mol. The molecule has 1 aliphatic carbocycles. The number of aliphatic hydroxyl groups is 1. The Hall–Kier alpha value is -2.48. The van der Waals surface area contributed by atoms with Gasteiger partial charge < -0.3 is 15.4 Å². The van der Waals surface area contributed by atoms with Crippen molar-refractivity contribution in [3.05, 3.63) is 40.4 Å². The quantitative estimate of drug-likeness (QED) is 0.689. The molecule has 0 aliphatic heterocycles. The Morgan fingerprint density at radius 1 is 1.52 bits per heavy atom. The van der Waals surface area contributed by atoms with Crippen molar-refractivity contribution in [2.45, 2.75) is 39.7 Å². The van der Waals surface area contributed by atoms with Crippen molar-refractivity contribution in [1.82, 2.24) is 20.1 Å². The average Bonchev–Trinajstić information content (AvgIpc) is 3.09. The second-order valence-electron chi connectivity index (χ2n) is 7.04. The van der Waals surface area contributed by atoms with Crippen molar-refractivity contribution in [1.29, 1.82) is 0 Å². The largest absolute Gasteiger partial charge is 0.394 e. The molecule has 0 fully saturated rings. The van der Waals surface area contributed by atoms with E-state index >= 15 is 0 Å². The van der Waals surface area contributed by atoms with Gasteiger partial charge in [0.2, 0.25) is 12.0 Å². The molecule has 2 aromatic rings. The second kappa shape index (κ2) is 6.79. The number of aliphatic hydroxyl groups excluding tert-OH is 1. The number of rotatable bonds is 5. The Bertz CT molecular complexity index is 839. The number of amides is 1. The lowest BCUT2D eigenvalue weighted by Crippen LogP contribution is -2.41. The van der Waals surface area contributed by atoms with Gasteiger partial charge in [-0.25, -0.2) is 4.68 Å². The molecule has 0 bridgehead atoms. The molecule has 134 valence electrons. The summed E-state index contributed by atoms with van der Waals surface area (Å²) < 4.78 is 2.34. The molecule has 0 aromatic carbocycles. The molecule has 0 radical (unpaired) electrons. The summed E-state index contributed by atoms with van der Waals surface area (Å²) in [6.07, 6.45) is 5.86. The Balaban J connectivity index is 2.00. The molecule has 0 saturated carbocycles. The Labute approximate surface area is 145 Å². The molecule has 2 unspecified atom stereocenters. The highest BCUT2D eigenvalue weighted by Gasteiger charge is 2.32. The van der Waals surface area contributed by atoms with Crippen LogP contribution < -0.4 is 9.74 Å². The third-order valence-electron chi connectivity index (χ3n) is 4.65. The van der Waals surface area contributed by atoms with E-state index < -0.39 is 0 Å². The normalized spacial score (nSPS) is 17.6. The number of aromatic amines is 1. The maximum atomic E-state index is 12.7. The van der Waals surface area contributed by atoms with Gasteiger partial charge >= 0.3 is 0 Å². The van der Waals surface area contributed by atoms with Gasteiger partial charge in [-0.15, -0.1) is 0 Å². The Kier molecular flexibility index (Phi) is 4.71. The van der Waals surface area contributed by atoms with Crippen LogP contribution in [0.25, 0.3) is 5.82 Å². The number of carbonyl (C=O) groups is 1. The van der Waals surface area contributed by atoms with Gasteiger partial charge in [0.15, 0.2) is 5.69 Å². The van der Waals surface area contributed by atoms with E-state index in [1.807, 2.05) is 13.8 Å². The van der Waals surface area contributed by atoms with Crippen LogP contribution in [-0.2, 0) is 12.8 Å². The highest BCUT2D eigenvalue weighted by molar-refractivity contribution is 5.94. The molecule has 25 heavy (non-hydrogen) atoms. The molecule has 2 aromatic heterocycles. The number of nitrogens with zero attached hydrogens (tertiary/aromatic N) is 3. The van der Waals surface area contributed by atoms with Gasteiger partial charge in [-0.2, -0.15) is 5.10 Å². The van der Waals surface area contributed by atoms with Crippen molar-refractivity contribution in [3.8, 4) is 5.82 Å². The van der Waals surface area contributed by atoms with E-state index in [2.05, 4.69) is 22.3 Å². The van der Waals surface area contributed by atoms with Crippen LogP contribution in [0.4, 0.5) is 0 Å². The summed E-state index contributed by atoms with van der Waals surface area (Å²) in [7, 11) is 0. The van der Waals surface area contributed by atoms with E-state index in [4.69, 9.17) is 0 Å². The smallest absolute Gasteiger partial charge is 0.272 e. The molecule has 0 spiro atoms. The zero-order valence-corrected chi connectivity index (χ0v) is 14.7. The minimum atomic E-state index is -0.320. The molecule has 2 heterocycles. The summed E-state index contributed by atoms with van der Waals surface area (Å²) >= 11 is 0. The van der Waals surface area contributed by atoms with Crippen LogP contribution in [0.1, 0.15) is 42.5 Å². The van der Waals surface area contributed by atoms with Gasteiger partial charge in [0, 0.05) is 10.5 Å². The predicted molar refractivity (Wildman–Crippen MR) is 91.0 cm³/mol. The van der Waals surface area contributed by atoms with Crippen LogP contribution in [-0.4, -0.2) is 38.4 Å². The average molecular weight is 346 g/mol. The SMILES string of the molecule is CC1Cc2c(C(=O)NC(CO)C(C)C)nn(-c3c[n+](=O)cc[nH]3)c2C1. The number of hydrogen-bond acceptors (Lipinski definition) is 4. The van der Waals surface area contributed by atoms with Crippen LogP contribution in [0, 0.1) is 16.7 Å². The van der Waals surface area contributed by atoms with Crippen molar-refractivity contribution in [2.24, 2.45) is 11.8 Å². The minimum Gasteiger partial charge on any atom is -0.394 e. The van der Waals surface area contributed by atoms with Gasteiger partial charge in [0.1, 0.15) is 0 Å². The van der Waals surface area contributed by atoms with Gasteiger partial charge in [-0.3, -0.25) is 4.79 Å². The number of fused-ring (bicyclic) bond motifs is 1. The predicted octanol–water partition coefficient (Wildman–Crippen LogP) is 0.596. The fourth-order valence-corrected chi connectivity index (χ4v) is 3.21. The number of aromatic nitrogens is 4. The van der Waals surface area contributed by atoms with E-state index in [0.29, 0.717) is 21.9 Å². The van der Waals surface area contributed by atoms with E-state index in [1.165, 1.54) is 18.6 Å². The third-order valence-corrected chi connectivity index (χ3v) is 4.65. The molecular formula is C17H24N5O3+. The first kappa shape index (κ1) is 17.3. The molecule has 1 aliphatic rings. The van der Waals surface area contributed by atoms with Gasteiger partial charge in [0.05, 0.1) is 29.0 Å². The lowest BCUT2D eigenvalue weighted by Gasteiger charge is -2.19. The lowest BCUT2D eigenvalue weighted by atomic mass is 10.0. The molecule has 8 nitrogen and oxygen atoms in total. The first-order chi connectivity index (χ1) is 11.9. The van der Waals surface area contributed by atoms with Crippen molar-refractivity contribution in [3.63, 3.8) is 0 Å². The summed E-state index contributed by atoms with van der Waals surface area (Å²) in [5.74, 6) is 0.754. The van der Waals surface area contributed by atoms with Crippen LogP contribution in [0.3, 0.4) is 0 Å². The van der Waals surface area contributed by atoms with E-state index in [9.17, 15) is 14.8 Å². The number of H-pyrrole nitrogens is 1. The van der Waals surface area contributed by atoms with Crippen molar-refractivity contribution < 1.29 is 14.3 Å². The first-order valence-corrected chi connectivity index (χ1v) is 8.54. The second-order valence-corrected chi connectivity index (χ2v) is 7.04. The summed E-state index contributed by atoms with van der Waals surface area (Å²) in [6, 6.07) is -0.320. The molecule has 3 N–H and O–H groups in total. The Morgan fingerprint density at radius 3 is 2.92 bits per heavy atom. The van der Waals surface area contributed by atoms with Crippen LogP contribution in [0.5, 0.6) is 0 Å². The fraction of sp³-hybridized carbons (Fsp3) is 0.529. The minimum absolute atomic E-state index is 0.116. The summed E-state index contributed by atoms with van der Waals surface area (Å²) in [5, 5.41) is 16.8. The van der Waals surface area contributed by atoms with E-state index in [1.54, 1.807) is 4.68 Å². The molecule has 0 saturated heterocycles. The highest BCUT2D eigenvalue weighted by Crippen LogP contribution is 2.30. The maximum absolute atomic E-state index is 12.7. The van der Waals surface area contributed by atoms with Crippen LogP contribution in [0.15, 0.2) is 18.6 Å². The third kappa shape index (κ3) is 3.34. The van der Waals surface area contributed by atoms with E-state index in [-0.39, 0.29) is 24.5 Å². The van der Waals surface area contributed by atoms with Crippen molar-refractivity contribution in [2.75, 3.05) is 6.61 Å². The highest BCUT2D eigenvalue weighted by atomic mass is 16.3. The fourth-order valence-electron chi connectivity index (χ4n) is 3.21. The molecule has 2 atom stereocenters. The molecule has 1 amide bonds. The maximum Gasteiger partial charge on any atom is 0.272 e. The molecule has 3 rings (SSSR count). The zero-order chi connectivity index (χ0) is 18.1. The summed E-state index contributed by atoms with van der Waals surface area (Å²) in [4.78, 5) is 27.3. The van der Waals surface area contributed by atoms with Gasteiger partial charge in [-0.1, -0.05) is 20.8 Å². The van der Waals surface area contributed by atoms with Crippen LogP contribution in [0.2, 0.25) is 0 Å². The summed E-state index contributed by atoms with van der Waals surface area (Å²) in [5.41, 5.74) is 2.23.